The molecule has 1 aliphatic rings. The van der Waals surface area contributed by atoms with Gasteiger partial charge in [-0.1, -0.05) is 0 Å². The molecule has 0 aliphatic carbocycles. The monoisotopic (exact) mass is 404 g/mol. The lowest BCUT2D eigenvalue weighted by Gasteiger charge is -2.26. The second-order valence-corrected chi connectivity index (χ2v) is 7.03. The fraction of sp³-hybridized carbons (Fsp3) is 0.524. The van der Waals surface area contributed by atoms with Crippen LogP contribution in [0, 0.1) is 6.92 Å². The standard InChI is InChI=1S/C21H28N2O6/c1-14-16(13-19(24)22-5-4-6-23-7-9-28-10-8-23)21(25)29-18-12-15(26-2)11-17(27-3)20(14)18/h11-12H,4-10,13H2,1-3H3,(H,22,24). The van der Waals surface area contributed by atoms with E-state index in [1.165, 1.54) is 7.11 Å². The second kappa shape index (κ2) is 9.76. The fourth-order valence-electron chi connectivity index (χ4n) is 3.54. The zero-order chi connectivity index (χ0) is 20.8. The lowest BCUT2D eigenvalue weighted by atomic mass is 10.0. The molecular formula is C21H28N2O6. The molecule has 8 nitrogen and oxygen atoms in total. The molecule has 3 rings (SSSR count). The highest BCUT2D eigenvalue weighted by Crippen LogP contribution is 2.33. The van der Waals surface area contributed by atoms with Gasteiger partial charge >= 0.3 is 5.63 Å². The average molecular weight is 404 g/mol. The van der Waals surface area contributed by atoms with Gasteiger partial charge in [-0.15, -0.1) is 0 Å². The summed E-state index contributed by atoms with van der Waals surface area (Å²) in [5, 5.41) is 3.56. The minimum Gasteiger partial charge on any atom is -0.496 e. The lowest BCUT2D eigenvalue weighted by Crippen LogP contribution is -2.38. The number of nitrogens with zero attached hydrogens (tertiary/aromatic N) is 1. The Morgan fingerprint density at radius 3 is 2.66 bits per heavy atom. The first-order valence-corrected chi connectivity index (χ1v) is 9.78. The van der Waals surface area contributed by atoms with Crippen molar-refractivity contribution in [2.24, 2.45) is 0 Å². The summed E-state index contributed by atoms with van der Waals surface area (Å²) >= 11 is 0. The summed E-state index contributed by atoms with van der Waals surface area (Å²) in [7, 11) is 3.07. The van der Waals surface area contributed by atoms with Crippen molar-refractivity contribution in [2.45, 2.75) is 19.8 Å². The SMILES string of the molecule is COc1cc(OC)c2c(C)c(CC(=O)NCCCN3CCOCC3)c(=O)oc2c1. The Bertz CT molecular complexity index is 918. The fourth-order valence-corrected chi connectivity index (χ4v) is 3.54. The molecule has 0 unspecified atom stereocenters. The number of carbonyl (C=O) groups is 1. The molecule has 1 aliphatic heterocycles. The first-order chi connectivity index (χ1) is 14.0. The first kappa shape index (κ1) is 21.1. The molecule has 1 aromatic heterocycles. The number of methoxy groups -OCH3 is 2. The van der Waals surface area contributed by atoms with Gasteiger partial charge in [-0.3, -0.25) is 9.69 Å². The lowest BCUT2D eigenvalue weighted by molar-refractivity contribution is -0.120. The van der Waals surface area contributed by atoms with Gasteiger partial charge in [-0.25, -0.2) is 4.79 Å². The highest BCUT2D eigenvalue weighted by atomic mass is 16.5. The number of carbonyl (C=O) groups excluding carboxylic acids is 1. The highest BCUT2D eigenvalue weighted by molar-refractivity contribution is 5.90. The van der Waals surface area contributed by atoms with E-state index >= 15 is 0 Å². The Morgan fingerprint density at radius 1 is 1.21 bits per heavy atom. The largest absolute Gasteiger partial charge is 0.496 e. The predicted octanol–water partition coefficient (Wildman–Crippen LogP) is 1.50. The molecule has 1 aromatic carbocycles. The molecular weight excluding hydrogens is 376 g/mol. The molecule has 1 amide bonds. The molecule has 0 spiro atoms. The van der Waals surface area contributed by atoms with E-state index in [1.54, 1.807) is 26.2 Å². The molecule has 0 radical (unpaired) electrons. The summed E-state index contributed by atoms with van der Waals surface area (Å²) in [5.41, 5.74) is 0.873. The minimum absolute atomic E-state index is 0.0309. The highest BCUT2D eigenvalue weighted by Gasteiger charge is 2.18. The van der Waals surface area contributed by atoms with Crippen LogP contribution < -0.4 is 20.4 Å². The Morgan fingerprint density at radius 2 is 1.97 bits per heavy atom. The van der Waals surface area contributed by atoms with E-state index in [2.05, 4.69) is 10.2 Å². The summed E-state index contributed by atoms with van der Waals surface area (Å²) in [6, 6.07) is 3.37. The molecule has 0 atom stereocenters. The molecule has 158 valence electrons. The van der Waals surface area contributed by atoms with Crippen LogP contribution in [0.5, 0.6) is 11.5 Å². The summed E-state index contributed by atoms with van der Waals surface area (Å²) in [5.74, 6) is 0.865. The number of rotatable bonds is 8. The van der Waals surface area contributed by atoms with Crippen molar-refractivity contribution < 1.29 is 23.4 Å². The van der Waals surface area contributed by atoms with E-state index in [-0.39, 0.29) is 12.3 Å². The molecule has 1 saturated heterocycles. The molecule has 1 fully saturated rings. The third-order valence-corrected chi connectivity index (χ3v) is 5.19. The molecule has 2 heterocycles. The van der Waals surface area contributed by atoms with Gasteiger partial charge in [0.1, 0.15) is 17.1 Å². The van der Waals surface area contributed by atoms with Gasteiger partial charge < -0.3 is 23.9 Å². The van der Waals surface area contributed by atoms with Crippen LogP contribution in [0.1, 0.15) is 17.5 Å². The zero-order valence-electron chi connectivity index (χ0n) is 17.2. The van der Waals surface area contributed by atoms with Crippen molar-refractivity contribution in [3.63, 3.8) is 0 Å². The van der Waals surface area contributed by atoms with E-state index in [9.17, 15) is 9.59 Å². The van der Waals surface area contributed by atoms with Crippen molar-refractivity contribution in [3.05, 3.63) is 33.7 Å². The molecule has 0 saturated carbocycles. The zero-order valence-corrected chi connectivity index (χ0v) is 17.2. The van der Waals surface area contributed by atoms with E-state index in [0.717, 1.165) is 39.3 Å². The quantitative estimate of drug-likeness (QED) is 0.527. The van der Waals surface area contributed by atoms with Gasteiger partial charge in [0.15, 0.2) is 0 Å². The van der Waals surface area contributed by atoms with Gasteiger partial charge in [-0.2, -0.15) is 0 Å². The van der Waals surface area contributed by atoms with Gasteiger partial charge in [-0.05, 0) is 25.5 Å². The van der Waals surface area contributed by atoms with Crippen LogP contribution in [-0.4, -0.2) is 64.4 Å². The van der Waals surface area contributed by atoms with Crippen molar-refractivity contribution in [3.8, 4) is 11.5 Å². The van der Waals surface area contributed by atoms with Gasteiger partial charge in [0, 0.05) is 31.8 Å². The number of morpholine rings is 1. The maximum atomic E-state index is 12.5. The molecule has 1 N–H and O–H groups in total. The topological polar surface area (TPSA) is 90.2 Å². The summed E-state index contributed by atoms with van der Waals surface area (Å²) < 4.78 is 21.4. The minimum atomic E-state index is -0.520. The van der Waals surface area contributed by atoms with Crippen molar-refractivity contribution >= 4 is 16.9 Å². The molecule has 2 aromatic rings. The van der Waals surface area contributed by atoms with Crippen molar-refractivity contribution in [1.29, 1.82) is 0 Å². The molecule has 0 bridgehead atoms. The van der Waals surface area contributed by atoms with Crippen LogP contribution in [0.15, 0.2) is 21.3 Å². The van der Waals surface area contributed by atoms with Crippen LogP contribution >= 0.6 is 0 Å². The number of fused-ring (bicyclic) bond motifs is 1. The number of hydrogen-bond donors (Lipinski definition) is 1. The maximum Gasteiger partial charge on any atom is 0.340 e. The maximum absolute atomic E-state index is 12.5. The number of benzene rings is 1. The van der Waals surface area contributed by atoms with E-state index in [1.807, 2.05) is 0 Å². The van der Waals surface area contributed by atoms with Crippen LogP contribution in [0.2, 0.25) is 0 Å². The Hall–Kier alpha value is -2.58. The van der Waals surface area contributed by atoms with Crippen LogP contribution in [0.4, 0.5) is 0 Å². The number of aryl methyl sites for hydroxylation is 1. The van der Waals surface area contributed by atoms with Crippen LogP contribution in [-0.2, 0) is 16.0 Å². The Kier molecular flexibility index (Phi) is 7.11. The van der Waals surface area contributed by atoms with Crippen LogP contribution in [0.25, 0.3) is 11.0 Å². The van der Waals surface area contributed by atoms with E-state index < -0.39 is 5.63 Å². The van der Waals surface area contributed by atoms with Gasteiger partial charge in [0.2, 0.25) is 5.91 Å². The Labute approximate surface area is 169 Å². The average Bonchev–Trinajstić information content (AvgIpc) is 2.73. The third kappa shape index (κ3) is 5.07. The third-order valence-electron chi connectivity index (χ3n) is 5.19. The molecule has 8 heteroatoms. The normalized spacial score (nSPS) is 14.7. The molecule has 29 heavy (non-hydrogen) atoms. The summed E-state index contributed by atoms with van der Waals surface area (Å²) in [4.78, 5) is 27.2. The van der Waals surface area contributed by atoms with Crippen molar-refractivity contribution in [2.75, 3.05) is 53.6 Å². The summed E-state index contributed by atoms with van der Waals surface area (Å²) in [6.07, 6.45) is 0.821. The first-order valence-electron chi connectivity index (χ1n) is 9.78. The smallest absolute Gasteiger partial charge is 0.340 e. The van der Waals surface area contributed by atoms with E-state index in [0.29, 0.717) is 40.1 Å². The number of hydrogen-bond acceptors (Lipinski definition) is 7. The predicted molar refractivity (Wildman–Crippen MR) is 109 cm³/mol. The van der Waals surface area contributed by atoms with E-state index in [4.69, 9.17) is 18.6 Å². The number of ether oxygens (including phenoxy) is 3. The summed E-state index contributed by atoms with van der Waals surface area (Å²) in [6.45, 7) is 6.66. The van der Waals surface area contributed by atoms with Gasteiger partial charge in [0.25, 0.3) is 0 Å². The number of nitrogens with one attached hydrogen (secondary N) is 1. The second-order valence-electron chi connectivity index (χ2n) is 7.03. The number of amides is 1. The van der Waals surface area contributed by atoms with Crippen molar-refractivity contribution in [1.82, 2.24) is 10.2 Å². The van der Waals surface area contributed by atoms with Gasteiger partial charge in [0.05, 0.1) is 44.8 Å². The van der Waals surface area contributed by atoms with Crippen LogP contribution in [0.3, 0.4) is 0 Å². The Balaban J connectivity index is 1.67.